The fourth-order valence-corrected chi connectivity index (χ4v) is 2.96. The van der Waals surface area contributed by atoms with Crippen molar-refractivity contribution < 1.29 is 14.4 Å². The van der Waals surface area contributed by atoms with Gasteiger partial charge in [0.15, 0.2) is 5.78 Å². The summed E-state index contributed by atoms with van der Waals surface area (Å²) in [5.41, 5.74) is 3.08. The van der Waals surface area contributed by atoms with Crippen LogP contribution in [0.3, 0.4) is 0 Å². The molecule has 0 unspecified atom stereocenters. The van der Waals surface area contributed by atoms with Crippen LogP contribution >= 0.6 is 0 Å². The van der Waals surface area contributed by atoms with Gasteiger partial charge in [0, 0.05) is 29.9 Å². The molecule has 0 aromatic heterocycles. The number of carbonyl (C=O) groups excluding carboxylic acids is 3. The Balaban J connectivity index is 1.84. The number of ketones is 1. The Hall–Kier alpha value is -2.99. The van der Waals surface area contributed by atoms with E-state index < -0.39 is 0 Å². The summed E-state index contributed by atoms with van der Waals surface area (Å²) >= 11 is 0. The Morgan fingerprint density at radius 3 is 2.21 bits per heavy atom. The van der Waals surface area contributed by atoms with Crippen LogP contribution in [-0.4, -0.2) is 42.1 Å². The number of aryl methyl sites for hydroxylation is 1. The summed E-state index contributed by atoms with van der Waals surface area (Å²) < 4.78 is 0. The number of anilines is 2. The average Bonchev–Trinajstić information content (AvgIpc) is 2.68. The van der Waals surface area contributed by atoms with Crippen LogP contribution in [0.1, 0.15) is 42.6 Å². The molecule has 2 aromatic rings. The molecule has 0 radical (unpaired) electrons. The molecule has 0 aliphatic rings. The van der Waals surface area contributed by atoms with E-state index in [0.29, 0.717) is 17.8 Å². The second-order valence-electron chi connectivity index (χ2n) is 7.07. The number of carbonyl (C=O) groups is 3. The van der Waals surface area contributed by atoms with Crippen molar-refractivity contribution in [3.63, 3.8) is 0 Å². The first kappa shape index (κ1) is 22.3. The Labute approximate surface area is 172 Å². The maximum atomic E-state index is 12.4. The molecular formula is C23H29N3O3. The molecule has 154 valence electrons. The lowest BCUT2D eigenvalue weighted by atomic mass is 10.1. The molecule has 2 rings (SSSR count). The SMILES string of the molecule is CCCN(CCC(=O)Nc1ccc(C(C)=O)cc1)CC(=O)Nc1ccccc1C. The van der Waals surface area contributed by atoms with Crippen molar-refractivity contribution in [2.24, 2.45) is 0 Å². The maximum absolute atomic E-state index is 12.4. The van der Waals surface area contributed by atoms with Crippen molar-refractivity contribution in [3.05, 3.63) is 59.7 Å². The normalized spacial score (nSPS) is 10.6. The Bertz CT molecular complexity index is 847. The zero-order valence-electron chi connectivity index (χ0n) is 17.3. The minimum absolute atomic E-state index is 0.0120. The zero-order valence-corrected chi connectivity index (χ0v) is 17.3. The lowest BCUT2D eigenvalue weighted by molar-refractivity contribution is -0.119. The molecule has 0 aliphatic carbocycles. The van der Waals surface area contributed by atoms with Crippen LogP contribution in [0.5, 0.6) is 0 Å². The largest absolute Gasteiger partial charge is 0.326 e. The van der Waals surface area contributed by atoms with Crippen LogP contribution in [0.4, 0.5) is 11.4 Å². The second-order valence-corrected chi connectivity index (χ2v) is 7.07. The van der Waals surface area contributed by atoms with Crippen molar-refractivity contribution in [2.45, 2.75) is 33.6 Å². The van der Waals surface area contributed by atoms with Crippen LogP contribution in [0, 0.1) is 6.92 Å². The molecule has 6 nitrogen and oxygen atoms in total. The van der Waals surface area contributed by atoms with Gasteiger partial charge in [-0.05, 0) is 62.7 Å². The fraction of sp³-hybridized carbons (Fsp3) is 0.348. The highest BCUT2D eigenvalue weighted by atomic mass is 16.2. The zero-order chi connectivity index (χ0) is 21.2. The van der Waals surface area contributed by atoms with Gasteiger partial charge in [-0.2, -0.15) is 0 Å². The van der Waals surface area contributed by atoms with Crippen LogP contribution in [0.15, 0.2) is 48.5 Å². The standard InChI is InChI=1S/C23H29N3O3/c1-4-14-26(16-23(29)25-21-8-6-5-7-17(21)2)15-13-22(28)24-20-11-9-19(10-12-20)18(3)27/h5-12H,4,13-16H2,1-3H3,(H,24,28)(H,25,29). The molecule has 0 atom stereocenters. The number of amides is 2. The number of hydrogen-bond acceptors (Lipinski definition) is 4. The summed E-state index contributed by atoms with van der Waals surface area (Å²) in [5.74, 6) is -0.226. The first-order valence-corrected chi connectivity index (χ1v) is 9.87. The third kappa shape index (κ3) is 7.50. The third-order valence-electron chi connectivity index (χ3n) is 4.56. The van der Waals surface area contributed by atoms with Gasteiger partial charge >= 0.3 is 0 Å². The lowest BCUT2D eigenvalue weighted by Gasteiger charge is -2.21. The maximum Gasteiger partial charge on any atom is 0.238 e. The molecule has 0 fully saturated rings. The van der Waals surface area contributed by atoms with Crippen LogP contribution in [0.25, 0.3) is 0 Å². The van der Waals surface area contributed by atoms with Crippen LogP contribution in [0.2, 0.25) is 0 Å². The topological polar surface area (TPSA) is 78.5 Å². The summed E-state index contributed by atoms with van der Waals surface area (Å²) in [6, 6.07) is 14.5. The van der Waals surface area contributed by atoms with E-state index in [2.05, 4.69) is 10.6 Å². The summed E-state index contributed by atoms with van der Waals surface area (Å²) in [6.07, 6.45) is 1.18. The Morgan fingerprint density at radius 1 is 0.897 bits per heavy atom. The quantitative estimate of drug-likeness (QED) is 0.599. The third-order valence-corrected chi connectivity index (χ3v) is 4.56. The van der Waals surface area contributed by atoms with Gasteiger partial charge in [-0.15, -0.1) is 0 Å². The van der Waals surface area contributed by atoms with Crippen molar-refractivity contribution in [3.8, 4) is 0 Å². The van der Waals surface area contributed by atoms with E-state index in [1.54, 1.807) is 24.3 Å². The fourth-order valence-electron chi connectivity index (χ4n) is 2.96. The first-order chi connectivity index (χ1) is 13.9. The first-order valence-electron chi connectivity index (χ1n) is 9.87. The molecule has 0 spiro atoms. The number of hydrogen-bond donors (Lipinski definition) is 2. The molecule has 29 heavy (non-hydrogen) atoms. The highest BCUT2D eigenvalue weighted by Gasteiger charge is 2.13. The van der Waals surface area contributed by atoms with Crippen molar-refractivity contribution in [1.29, 1.82) is 0 Å². The van der Waals surface area contributed by atoms with Crippen LogP contribution in [-0.2, 0) is 9.59 Å². The number of nitrogens with zero attached hydrogens (tertiary/aromatic N) is 1. The second kappa shape index (κ2) is 11.1. The Kier molecular flexibility index (Phi) is 8.55. The van der Waals surface area contributed by atoms with E-state index in [-0.39, 0.29) is 30.6 Å². The number of nitrogens with one attached hydrogen (secondary N) is 2. The molecule has 0 bridgehead atoms. The molecule has 2 amide bonds. The molecule has 0 heterocycles. The number of benzene rings is 2. The van der Waals surface area contributed by atoms with Crippen molar-refractivity contribution >= 4 is 29.0 Å². The highest BCUT2D eigenvalue weighted by Crippen LogP contribution is 2.13. The van der Waals surface area contributed by atoms with Gasteiger partial charge in [0.1, 0.15) is 0 Å². The minimum atomic E-state index is -0.124. The van der Waals surface area contributed by atoms with Crippen molar-refractivity contribution in [1.82, 2.24) is 4.90 Å². The van der Waals surface area contributed by atoms with E-state index in [1.807, 2.05) is 43.0 Å². The lowest BCUT2D eigenvalue weighted by Crippen LogP contribution is -2.36. The van der Waals surface area contributed by atoms with Gasteiger partial charge < -0.3 is 10.6 Å². The van der Waals surface area contributed by atoms with E-state index in [1.165, 1.54) is 6.92 Å². The predicted molar refractivity (Wildman–Crippen MR) is 116 cm³/mol. The van der Waals surface area contributed by atoms with Gasteiger partial charge in [0.2, 0.25) is 11.8 Å². The van der Waals surface area contributed by atoms with Gasteiger partial charge in [-0.25, -0.2) is 0 Å². The summed E-state index contributed by atoms with van der Waals surface area (Å²) in [6.45, 7) is 6.97. The summed E-state index contributed by atoms with van der Waals surface area (Å²) in [7, 11) is 0. The van der Waals surface area contributed by atoms with E-state index >= 15 is 0 Å². The van der Waals surface area contributed by atoms with Crippen LogP contribution < -0.4 is 10.6 Å². The predicted octanol–water partition coefficient (Wildman–Crippen LogP) is 3.88. The molecule has 0 saturated carbocycles. The molecular weight excluding hydrogens is 366 g/mol. The number of Topliss-reactive ketones (excluding diaryl/α,β-unsaturated/α-hetero) is 1. The van der Waals surface area contributed by atoms with Crippen molar-refractivity contribution in [2.75, 3.05) is 30.3 Å². The average molecular weight is 396 g/mol. The smallest absolute Gasteiger partial charge is 0.238 e. The molecule has 2 aromatic carbocycles. The monoisotopic (exact) mass is 395 g/mol. The van der Waals surface area contributed by atoms with Gasteiger partial charge in [0.25, 0.3) is 0 Å². The Morgan fingerprint density at radius 2 is 1.59 bits per heavy atom. The van der Waals surface area contributed by atoms with E-state index in [9.17, 15) is 14.4 Å². The number of para-hydroxylation sites is 1. The minimum Gasteiger partial charge on any atom is -0.326 e. The molecule has 2 N–H and O–H groups in total. The van der Waals surface area contributed by atoms with Gasteiger partial charge in [0.05, 0.1) is 6.54 Å². The van der Waals surface area contributed by atoms with E-state index in [4.69, 9.17) is 0 Å². The summed E-state index contributed by atoms with van der Waals surface area (Å²) in [5, 5.41) is 5.76. The molecule has 0 saturated heterocycles. The van der Waals surface area contributed by atoms with Gasteiger partial charge in [-0.3, -0.25) is 19.3 Å². The molecule has 0 aliphatic heterocycles. The summed E-state index contributed by atoms with van der Waals surface area (Å²) in [4.78, 5) is 37.9. The molecule has 6 heteroatoms. The number of rotatable bonds is 10. The van der Waals surface area contributed by atoms with E-state index in [0.717, 1.165) is 24.2 Å². The highest BCUT2D eigenvalue weighted by molar-refractivity contribution is 5.96. The van der Waals surface area contributed by atoms with Gasteiger partial charge in [-0.1, -0.05) is 25.1 Å².